The molecule has 1 N–H and O–H groups in total. The number of carbonyl (C=O) groups is 3. The Hall–Kier alpha value is -4.42. The summed E-state index contributed by atoms with van der Waals surface area (Å²) in [4.78, 5) is 39.0. The first-order valence-electron chi connectivity index (χ1n) is 10.8. The highest BCUT2D eigenvalue weighted by Gasteiger charge is 2.36. The number of hydrogen-bond donors (Lipinski definition) is 1. The topological polar surface area (TPSA) is 109 Å². The predicted octanol–water partition coefficient (Wildman–Crippen LogP) is 4.88. The predicted molar refractivity (Wildman–Crippen MR) is 136 cm³/mol. The Kier molecular flexibility index (Phi) is 7.17. The summed E-state index contributed by atoms with van der Waals surface area (Å²) >= 11 is 3.46. The minimum atomic E-state index is -0.814. The van der Waals surface area contributed by atoms with Crippen molar-refractivity contribution in [1.29, 1.82) is 5.26 Å². The second kappa shape index (κ2) is 10.5. The van der Waals surface area contributed by atoms with E-state index in [1.54, 1.807) is 54.6 Å². The van der Waals surface area contributed by atoms with Gasteiger partial charge >= 0.3 is 6.03 Å². The number of barbiturate groups is 1. The molecule has 36 heavy (non-hydrogen) atoms. The van der Waals surface area contributed by atoms with Gasteiger partial charge in [-0.05, 0) is 64.8 Å². The van der Waals surface area contributed by atoms with Crippen molar-refractivity contribution in [3.05, 3.63) is 93.0 Å². The van der Waals surface area contributed by atoms with Crippen LogP contribution in [0, 0.1) is 18.3 Å². The third-order valence-corrected chi connectivity index (χ3v) is 6.06. The van der Waals surface area contributed by atoms with Crippen LogP contribution < -0.4 is 19.7 Å². The fraction of sp³-hybridized carbons (Fsp3) is 0.111. The monoisotopic (exact) mass is 545 g/mol. The van der Waals surface area contributed by atoms with E-state index >= 15 is 0 Å². The normalized spacial score (nSPS) is 14.4. The molecule has 8 nitrogen and oxygen atoms in total. The number of imide groups is 2. The number of rotatable bonds is 6. The molecule has 0 aromatic heterocycles. The maximum Gasteiger partial charge on any atom is 0.335 e. The van der Waals surface area contributed by atoms with Crippen molar-refractivity contribution in [2.45, 2.75) is 13.5 Å². The van der Waals surface area contributed by atoms with Crippen molar-refractivity contribution in [2.24, 2.45) is 0 Å². The SMILES string of the molecule is COc1cc(/C=C2\C(=O)NC(=O)N(c3ccc(C)cc3)C2=O)cc(Br)c1OCc1ccccc1C#N. The van der Waals surface area contributed by atoms with Crippen LogP contribution in [0.15, 0.2) is 70.7 Å². The molecule has 3 aromatic carbocycles. The Balaban J connectivity index is 1.65. The molecule has 0 atom stereocenters. The molecule has 1 fully saturated rings. The van der Waals surface area contributed by atoms with Crippen LogP contribution in [-0.4, -0.2) is 25.0 Å². The van der Waals surface area contributed by atoms with Crippen molar-refractivity contribution in [3.63, 3.8) is 0 Å². The zero-order chi connectivity index (χ0) is 25.8. The molecular formula is C27H20BrN3O5. The number of nitriles is 1. The van der Waals surface area contributed by atoms with E-state index in [2.05, 4.69) is 27.3 Å². The number of halogens is 1. The second-order valence-corrected chi connectivity index (χ2v) is 8.74. The van der Waals surface area contributed by atoms with Gasteiger partial charge in [0.2, 0.25) is 0 Å². The summed E-state index contributed by atoms with van der Waals surface area (Å²) in [6.07, 6.45) is 1.38. The van der Waals surface area contributed by atoms with Gasteiger partial charge in [-0.2, -0.15) is 5.26 Å². The number of hydrogen-bond acceptors (Lipinski definition) is 6. The summed E-state index contributed by atoms with van der Waals surface area (Å²) in [5, 5.41) is 11.5. The van der Waals surface area contributed by atoms with Crippen molar-refractivity contribution in [2.75, 3.05) is 12.0 Å². The minimum absolute atomic E-state index is 0.133. The Bertz CT molecular complexity index is 1440. The van der Waals surface area contributed by atoms with Crippen molar-refractivity contribution in [3.8, 4) is 17.6 Å². The lowest BCUT2D eigenvalue weighted by atomic mass is 10.1. The summed E-state index contributed by atoms with van der Waals surface area (Å²) in [7, 11) is 1.46. The van der Waals surface area contributed by atoms with E-state index in [-0.39, 0.29) is 12.2 Å². The van der Waals surface area contributed by atoms with E-state index < -0.39 is 17.8 Å². The summed E-state index contributed by atoms with van der Waals surface area (Å²) in [6, 6.07) is 18.5. The molecule has 0 bridgehead atoms. The average molecular weight is 546 g/mol. The molecule has 3 aromatic rings. The minimum Gasteiger partial charge on any atom is -0.493 e. The van der Waals surface area contributed by atoms with Crippen LogP contribution in [0.4, 0.5) is 10.5 Å². The van der Waals surface area contributed by atoms with Crippen LogP contribution in [0.3, 0.4) is 0 Å². The van der Waals surface area contributed by atoms with E-state index in [1.165, 1.54) is 13.2 Å². The molecule has 0 saturated carbocycles. The lowest BCUT2D eigenvalue weighted by molar-refractivity contribution is -0.122. The van der Waals surface area contributed by atoms with Gasteiger partial charge in [0.1, 0.15) is 12.2 Å². The summed E-state index contributed by atoms with van der Waals surface area (Å²) < 4.78 is 11.9. The quantitative estimate of drug-likeness (QED) is 0.349. The average Bonchev–Trinajstić information content (AvgIpc) is 2.86. The van der Waals surface area contributed by atoms with Gasteiger partial charge in [0, 0.05) is 5.56 Å². The molecule has 0 aliphatic carbocycles. The van der Waals surface area contributed by atoms with Gasteiger partial charge in [-0.3, -0.25) is 14.9 Å². The largest absolute Gasteiger partial charge is 0.493 e. The highest BCUT2D eigenvalue weighted by molar-refractivity contribution is 9.10. The number of nitrogens with zero attached hydrogens (tertiary/aromatic N) is 2. The van der Waals surface area contributed by atoms with E-state index in [0.717, 1.165) is 10.5 Å². The van der Waals surface area contributed by atoms with Gasteiger partial charge < -0.3 is 9.47 Å². The molecule has 0 unspecified atom stereocenters. The zero-order valence-electron chi connectivity index (χ0n) is 19.4. The van der Waals surface area contributed by atoms with E-state index in [1.807, 2.05) is 13.0 Å². The maximum atomic E-state index is 13.1. The number of ether oxygens (including phenoxy) is 2. The van der Waals surface area contributed by atoms with Gasteiger partial charge in [0.25, 0.3) is 11.8 Å². The second-order valence-electron chi connectivity index (χ2n) is 7.89. The van der Waals surface area contributed by atoms with Gasteiger partial charge in [-0.1, -0.05) is 35.9 Å². The molecule has 1 aliphatic rings. The molecule has 4 rings (SSSR count). The van der Waals surface area contributed by atoms with Crippen LogP contribution in [0.25, 0.3) is 6.08 Å². The molecule has 9 heteroatoms. The first kappa shape index (κ1) is 24.7. The molecule has 1 aliphatic heterocycles. The lowest BCUT2D eigenvalue weighted by Gasteiger charge is -2.26. The molecule has 4 amide bonds. The van der Waals surface area contributed by atoms with Gasteiger partial charge in [0.15, 0.2) is 11.5 Å². The van der Waals surface area contributed by atoms with Crippen molar-refractivity contribution in [1.82, 2.24) is 5.32 Å². The van der Waals surface area contributed by atoms with Crippen molar-refractivity contribution >= 4 is 45.5 Å². The molecule has 0 radical (unpaired) electrons. The standard InChI is InChI=1S/C27H20BrN3O5/c1-16-7-9-20(10-8-16)31-26(33)21(25(32)30-27(31)34)11-17-12-22(28)24(23(13-17)35-2)36-15-19-6-4-3-5-18(19)14-29/h3-13H,15H2,1-2H3,(H,30,32,34)/b21-11+. The van der Waals surface area contributed by atoms with Crippen LogP contribution in [0.2, 0.25) is 0 Å². The third kappa shape index (κ3) is 4.99. The maximum absolute atomic E-state index is 13.1. The van der Waals surface area contributed by atoms with E-state index in [9.17, 15) is 19.6 Å². The number of methoxy groups -OCH3 is 1. The van der Waals surface area contributed by atoms with Gasteiger partial charge in [-0.15, -0.1) is 0 Å². The first-order chi connectivity index (χ1) is 17.3. The number of benzene rings is 3. The number of anilines is 1. The number of aryl methyl sites for hydroxylation is 1. The molecule has 180 valence electrons. The fourth-order valence-electron chi connectivity index (χ4n) is 3.62. The summed E-state index contributed by atoms with van der Waals surface area (Å²) in [5.74, 6) is -0.794. The molecule has 1 saturated heterocycles. The molecular weight excluding hydrogens is 526 g/mol. The fourth-order valence-corrected chi connectivity index (χ4v) is 4.19. The number of carbonyl (C=O) groups excluding carboxylic acids is 3. The lowest BCUT2D eigenvalue weighted by Crippen LogP contribution is -2.54. The Labute approximate surface area is 215 Å². The van der Waals surface area contributed by atoms with Crippen LogP contribution in [0.1, 0.15) is 22.3 Å². The third-order valence-electron chi connectivity index (χ3n) is 5.47. The number of urea groups is 1. The van der Waals surface area contributed by atoms with Gasteiger partial charge in [-0.25, -0.2) is 9.69 Å². The van der Waals surface area contributed by atoms with E-state index in [0.29, 0.717) is 38.3 Å². The molecule has 0 spiro atoms. The zero-order valence-corrected chi connectivity index (χ0v) is 21.0. The highest BCUT2D eigenvalue weighted by Crippen LogP contribution is 2.38. The summed E-state index contributed by atoms with van der Waals surface area (Å²) in [6.45, 7) is 2.02. The van der Waals surface area contributed by atoms with Crippen molar-refractivity contribution < 1.29 is 23.9 Å². The first-order valence-corrected chi connectivity index (χ1v) is 11.6. The van der Waals surface area contributed by atoms with Crippen LogP contribution in [-0.2, 0) is 16.2 Å². The Morgan fingerprint density at radius 1 is 1.08 bits per heavy atom. The summed E-state index contributed by atoms with van der Waals surface area (Å²) in [5.41, 5.74) is 2.79. The van der Waals surface area contributed by atoms with Crippen LogP contribution in [0.5, 0.6) is 11.5 Å². The van der Waals surface area contributed by atoms with Crippen LogP contribution >= 0.6 is 15.9 Å². The van der Waals surface area contributed by atoms with E-state index in [4.69, 9.17) is 9.47 Å². The Morgan fingerprint density at radius 2 is 1.81 bits per heavy atom. The number of nitrogens with one attached hydrogen (secondary N) is 1. The molecule has 1 heterocycles. The number of amides is 4. The van der Waals surface area contributed by atoms with Gasteiger partial charge in [0.05, 0.1) is 28.9 Å². The Morgan fingerprint density at radius 3 is 2.50 bits per heavy atom. The smallest absolute Gasteiger partial charge is 0.335 e. The highest BCUT2D eigenvalue weighted by atomic mass is 79.9.